The lowest BCUT2D eigenvalue weighted by molar-refractivity contribution is -0.136. The van der Waals surface area contributed by atoms with Crippen molar-refractivity contribution in [3.63, 3.8) is 0 Å². The lowest BCUT2D eigenvalue weighted by Gasteiger charge is -2.39. The van der Waals surface area contributed by atoms with E-state index in [-0.39, 0.29) is 17.4 Å². The molecule has 1 aromatic carbocycles. The Morgan fingerprint density at radius 1 is 1.00 bits per heavy atom. The highest BCUT2D eigenvalue weighted by Gasteiger charge is 2.36. The molecule has 1 aliphatic carbocycles. The fraction of sp³-hybridized carbons (Fsp3) is 0.625. The van der Waals surface area contributed by atoms with Gasteiger partial charge in [-0.2, -0.15) is 0 Å². The van der Waals surface area contributed by atoms with Crippen molar-refractivity contribution in [3.05, 3.63) is 48.2 Å². The third kappa shape index (κ3) is 7.84. The van der Waals surface area contributed by atoms with E-state index in [1.807, 2.05) is 4.90 Å². The van der Waals surface area contributed by atoms with Crippen LogP contribution in [0.15, 0.2) is 42.5 Å². The van der Waals surface area contributed by atoms with Gasteiger partial charge in [-0.3, -0.25) is 4.79 Å². The van der Waals surface area contributed by atoms with E-state index in [4.69, 9.17) is 12.2 Å². The zero-order valence-electron chi connectivity index (χ0n) is 24.9. The smallest absolute Gasteiger partial charge is 0.245 e. The second kappa shape index (κ2) is 13.1. The van der Waals surface area contributed by atoms with E-state index in [1.165, 1.54) is 29.8 Å². The van der Waals surface area contributed by atoms with Crippen LogP contribution in [0, 0.1) is 24.2 Å². The molecule has 3 rings (SSSR count). The number of carbonyl (C=O) groups excluding carboxylic acids is 1. The standard InChI is InChI=1S/C32H50N4OS/c1-22(2)20-35(21-23(3)4)30(37)29(32(6,7)8)34-31(38)33-26-16-12-13-17-28(26)36-24(5)18-19-27(36)25-14-10-9-11-15-25/h9-11,14-15,18-19,22-23,26,28-29H,12-13,16-17,20-21H2,1-8H3,(H2,33,34,38)/t26-,28-,29-/m1/s1. The summed E-state index contributed by atoms with van der Waals surface area (Å²) in [4.78, 5) is 15.9. The average Bonchev–Trinajstić information content (AvgIpc) is 3.22. The van der Waals surface area contributed by atoms with Gasteiger partial charge in [0, 0.05) is 30.5 Å². The Bertz CT molecular complexity index is 1040. The quantitative estimate of drug-likeness (QED) is 0.339. The number of benzene rings is 1. The van der Waals surface area contributed by atoms with Gasteiger partial charge in [-0.1, -0.05) is 91.6 Å². The normalized spacial score (nSPS) is 18.9. The molecule has 3 atom stereocenters. The highest BCUT2D eigenvalue weighted by atomic mass is 32.1. The summed E-state index contributed by atoms with van der Waals surface area (Å²) in [7, 11) is 0. The monoisotopic (exact) mass is 538 g/mol. The van der Waals surface area contributed by atoms with Crippen LogP contribution >= 0.6 is 12.2 Å². The van der Waals surface area contributed by atoms with Crippen LogP contribution in [0.2, 0.25) is 0 Å². The maximum absolute atomic E-state index is 13.9. The van der Waals surface area contributed by atoms with Crippen molar-refractivity contribution in [2.24, 2.45) is 17.3 Å². The van der Waals surface area contributed by atoms with Crippen LogP contribution < -0.4 is 10.6 Å². The molecular formula is C32H50N4OS. The molecule has 1 saturated carbocycles. The minimum absolute atomic E-state index is 0.136. The molecule has 1 amide bonds. The van der Waals surface area contributed by atoms with Crippen LogP contribution in [0.1, 0.15) is 85.9 Å². The van der Waals surface area contributed by atoms with Crippen LogP contribution in [0.3, 0.4) is 0 Å². The van der Waals surface area contributed by atoms with Gasteiger partial charge >= 0.3 is 0 Å². The summed E-state index contributed by atoms with van der Waals surface area (Å²) in [6.07, 6.45) is 4.54. The van der Waals surface area contributed by atoms with E-state index in [1.54, 1.807) is 0 Å². The molecule has 1 aromatic heterocycles. The van der Waals surface area contributed by atoms with Gasteiger partial charge in [0.15, 0.2) is 5.11 Å². The Morgan fingerprint density at radius 2 is 1.61 bits per heavy atom. The number of rotatable bonds is 9. The fourth-order valence-electron chi connectivity index (χ4n) is 5.73. The van der Waals surface area contributed by atoms with Crippen molar-refractivity contribution in [1.82, 2.24) is 20.1 Å². The number of nitrogens with one attached hydrogen (secondary N) is 2. The van der Waals surface area contributed by atoms with Crippen LogP contribution in [-0.4, -0.2) is 45.7 Å². The fourth-order valence-corrected chi connectivity index (χ4v) is 6.00. The maximum atomic E-state index is 13.9. The van der Waals surface area contributed by atoms with E-state index in [9.17, 15) is 4.79 Å². The molecule has 1 fully saturated rings. The summed E-state index contributed by atoms with van der Waals surface area (Å²) in [6.45, 7) is 18.7. The lowest BCUT2D eigenvalue weighted by atomic mass is 9.85. The van der Waals surface area contributed by atoms with E-state index in [0.717, 1.165) is 25.9 Å². The SMILES string of the molecule is Cc1ccc(-c2ccccc2)n1[C@@H]1CCCC[C@H]1NC(=S)N[C@H](C(=O)N(CC(C)C)CC(C)C)C(C)(C)C. The van der Waals surface area contributed by atoms with Crippen LogP contribution in [0.5, 0.6) is 0 Å². The van der Waals surface area contributed by atoms with Gasteiger partial charge in [-0.05, 0) is 66.9 Å². The highest BCUT2D eigenvalue weighted by molar-refractivity contribution is 7.80. The predicted molar refractivity (Wildman–Crippen MR) is 164 cm³/mol. The van der Waals surface area contributed by atoms with Crippen molar-refractivity contribution in [2.45, 2.75) is 99.2 Å². The third-order valence-corrected chi connectivity index (χ3v) is 7.68. The van der Waals surface area contributed by atoms with Crippen molar-refractivity contribution < 1.29 is 4.79 Å². The zero-order valence-corrected chi connectivity index (χ0v) is 25.7. The Morgan fingerprint density at radius 3 is 2.18 bits per heavy atom. The Balaban J connectivity index is 1.81. The summed E-state index contributed by atoms with van der Waals surface area (Å²) in [6, 6.07) is 15.2. The molecule has 0 aliphatic heterocycles. The topological polar surface area (TPSA) is 49.3 Å². The molecule has 0 spiro atoms. The molecule has 1 aliphatic rings. The first-order valence-corrected chi connectivity index (χ1v) is 14.9. The molecule has 0 unspecified atom stereocenters. The molecule has 0 bridgehead atoms. The predicted octanol–water partition coefficient (Wildman–Crippen LogP) is 6.97. The summed E-state index contributed by atoms with van der Waals surface area (Å²) in [5.41, 5.74) is 3.47. The van der Waals surface area contributed by atoms with Gasteiger partial charge < -0.3 is 20.1 Å². The molecule has 2 N–H and O–H groups in total. The Hall–Kier alpha value is -2.34. The minimum Gasteiger partial charge on any atom is -0.358 e. The maximum Gasteiger partial charge on any atom is 0.245 e. The lowest BCUT2D eigenvalue weighted by Crippen LogP contribution is -2.59. The molecule has 0 saturated heterocycles. The van der Waals surface area contributed by atoms with Crippen molar-refractivity contribution >= 4 is 23.2 Å². The van der Waals surface area contributed by atoms with Gasteiger partial charge in [0.05, 0.1) is 6.04 Å². The van der Waals surface area contributed by atoms with E-state index in [2.05, 4.69) is 113 Å². The number of hydrogen-bond acceptors (Lipinski definition) is 2. The van der Waals surface area contributed by atoms with E-state index < -0.39 is 6.04 Å². The highest BCUT2D eigenvalue weighted by Crippen LogP contribution is 2.35. The summed E-state index contributed by atoms with van der Waals surface area (Å²) < 4.78 is 2.49. The van der Waals surface area contributed by atoms with Crippen LogP contribution in [-0.2, 0) is 4.79 Å². The summed E-state index contributed by atoms with van der Waals surface area (Å²) in [5, 5.41) is 7.73. The summed E-state index contributed by atoms with van der Waals surface area (Å²) in [5.74, 6) is 0.960. The van der Waals surface area contributed by atoms with Gasteiger partial charge in [0.25, 0.3) is 0 Å². The number of aryl methyl sites for hydroxylation is 1. The first-order valence-electron chi connectivity index (χ1n) is 14.5. The van der Waals surface area contributed by atoms with Crippen molar-refractivity contribution in [3.8, 4) is 11.3 Å². The average molecular weight is 539 g/mol. The zero-order chi connectivity index (χ0) is 28.0. The first-order chi connectivity index (χ1) is 17.9. The number of thiocarbonyl (C=S) groups is 1. The largest absolute Gasteiger partial charge is 0.358 e. The van der Waals surface area contributed by atoms with Gasteiger partial charge in [0.2, 0.25) is 5.91 Å². The minimum atomic E-state index is -0.393. The van der Waals surface area contributed by atoms with Gasteiger partial charge in [-0.25, -0.2) is 0 Å². The number of nitrogens with zero attached hydrogens (tertiary/aromatic N) is 2. The molecule has 2 aromatic rings. The molecule has 210 valence electrons. The van der Waals surface area contributed by atoms with Crippen LogP contribution in [0.4, 0.5) is 0 Å². The number of aromatic nitrogens is 1. The van der Waals surface area contributed by atoms with Gasteiger partial charge in [0.1, 0.15) is 6.04 Å². The molecule has 38 heavy (non-hydrogen) atoms. The van der Waals surface area contributed by atoms with E-state index >= 15 is 0 Å². The molecule has 0 radical (unpaired) electrons. The van der Waals surface area contributed by atoms with Gasteiger partial charge in [-0.15, -0.1) is 0 Å². The second-order valence-electron chi connectivity index (χ2n) is 13.0. The number of hydrogen-bond donors (Lipinski definition) is 2. The molecule has 6 heteroatoms. The van der Waals surface area contributed by atoms with Crippen LogP contribution in [0.25, 0.3) is 11.3 Å². The Labute approximate surface area is 236 Å². The first kappa shape index (κ1) is 30.2. The van der Waals surface area contributed by atoms with E-state index in [0.29, 0.717) is 23.0 Å². The molecular weight excluding hydrogens is 488 g/mol. The molecule has 5 nitrogen and oxygen atoms in total. The second-order valence-corrected chi connectivity index (χ2v) is 13.4. The van der Waals surface area contributed by atoms with Crippen molar-refractivity contribution in [2.75, 3.05) is 13.1 Å². The third-order valence-electron chi connectivity index (χ3n) is 7.44. The summed E-state index contributed by atoms with van der Waals surface area (Å²) >= 11 is 5.90. The van der Waals surface area contributed by atoms with Crippen molar-refractivity contribution in [1.29, 1.82) is 0 Å². The number of carbonyl (C=O) groups is 1. The molecule has 1 heterocycles. The Kier molecular flexibility index (Phi) is 10.4. The number of amides is 1.